The van der Waals surface area contributed by atoms with E-state index in [1.165, 1.54) is 0 Å². The summed E-state index contributed by atoms with van der Waals surface area (Å²) in [6.07, 6.45) is 3.69. The Hall–Kier alpha value is -1.52. The molecule has 5 heteroatoms. The molecule has 1 atom stereocenters. The summed E-state index contributed by atoms with van der Waals surface area (Å²) in [5.74, 6) is 0. The predicted molar refractivity (Wildman–Crippen MR) is 49.1 cm³/mol. The number of carbonyl (C=O) groups is 1. The van der Waals surface area contributed by atoms with Gasteiger partial charge in [-0.2, -0.15) is 5.10 Å². The van der Waals surface area contributed by atoms with Crippen LogP contribution < -0.4 is 11.1 Å². The summed E-state index contributed by atoms with van der Waals surface area (Å²) in [7, 11) is 0. The van der Waals surface area contributed by atoms with Crippen LogP contribution in [0, 0.1) is 6.92 Å². The molecule has 0 aromatic carbocycles. The second-order valence-electron chi connectivity index (χ2n) is 3.15. The number of primary amides is 1. The number of carbonyl (C=O) groups excluding carboxylic acids is 1. The fourth-order valence-electron chi connectivity index (χ4n) is 1.14. The Kier molecular flexibility index (Phi) is 2.89. The molecule has 0 saturated carbocycles. The third-order valence-electron chi connectivity index (χ3n) is 1.61. The Bertz CT molecular complexity index is 294. The van der Waals surface area contributed by atoms with E-state index in [0.29, 0.717) is 6.54 Å². The van der Waals surface area contributed by atoms with Crippen molar-refractivity contribution >= 4 is 6.03 Å². The van der Waals surface area contributed by atoms with Gasteiger partial charge in [0.2, 0.25) is 0 Å². The first-order valence-electron chi connectivity index (χ1n) is 4.13. The van der Waals surface area contributed by atoms with E-state index in [2.05, 4.69) is 10.4 Å². The number of nitrogens with two attached hydrogens (primary N) is 1. The predicted octanol–water partition coefficient (Wildman–Crippen LogP) is 0.248. The molecule has 1 heterocycles. The maximum atomic E-state index is 10.5. The summed E-state index contributed by atoms with van der Waals surface area (Å²) < 4.78 is 1.77. The molecular formula is C8H14N4O. The number of aromatic nitrogens is 2. The van der Waals surface area contributed by atoms with E-state index >= 15 is 0 Å². The topological polar surface area (TPSA) is 72.9 Å². The zero-order chi connectivity index (χ0) is 9.84. The molecule has 1 unspecified atom stereocenters. The van der Waals surface area contributed by atoms with Gasteiger partial charge in [0.05, 0.1) is 12.7 Å². The standard InChI is InChI=1S/C8H14N4O/c1-6-3-10-12(4-6)5-7(2)11-8(9)13/h3-4,7H,5H2,1-2H3,(H3,9,11,13). The molecule has 0 spiro atoms. The SMILES string of the molecule is Cc1cnn(CC(C)NC(N)=O)c1. The molecule has 2 amide bonds. The van der Waals surface area contributed by atoms with Crippen molar-refractivity contribution in [1.82, 2.24) is 15.1 Å². The lowest BCUT2D eigenvalue weighted by atomic mass is 10.3. The van der Waals surface area contributed by atoms with Gasteiger partial charge in [-0.3, -0.25) is 4.68 Å². The molecule has 72 valence electrons. The van der Waals surface area contributed by atoms with Crippen LogP contribution in [0.5, 0.6) is 0 Å². The molecule has 0 aliphatic heterocycles. The van der Waals surface area contributed by atoms with Gasteiger partial charge in [0, 0.05) is 12.2 Å². The maximum Gasteiger partial charge on any atom is 0.312 e. The minimum atomic E-state index is -0.503. The molecule has 1 rings (SSSR count). The van der Waals surface area contributed by atoms with Crippen LogP contribution in [0.2, 0.25) is 0 Å². The molecule has 0 radical (unpaired) electrons. The van der Waals surface area contributed by atoms with Crippen LogP contribution in [0.25, 0.3) is 0 Å². The molecule has 5 nitrogen and oxygen atoms in total. The fraction of sp³-hybridized carbons (Fsp3) is 0.500. The Morgan fingerprint density at radius 3 is 3.00 bits per heavy atom. The maximum absolute atomic E-state index is 10.5. The highest BCUT2D eigenvalue weighted by atomic mass is 16.2. The van der Waals surface area contributed by atoms with Gasteiger partial charge in [0.1, 0.15) is 0 Å². The number of aryl methyl sites for hydroxylation is 1. The molecule has 1 aromatic heterocycles. The van der Waals surface area contributed by atoms with Crippen molar-refractivity contribution in [1.29, 1.82) is 0 Å². The summed E-state index contributed by atoms with van der Waals surface area (Å²) in [5, 5.41) is 6.67. The highest BCUT2D eigenvalue weighted by molar-refractivity contribution is 5.71. The number of hydrogen-bond donors (Lipinski definition) is 2. The van der Waals surface area contributed by atoms with Crippen molar-refractivity contribution in [2.75, 3.05) is 0 Å². The average Bonchev–Trinajstić information content (AvgIpc) is 2.33. The van der Waals surface area contributed by atoms with E-state index in [1.807, 2.05) is 20.0 Å². The smallest absolute Gasteiger partial charge is 0.312 e. The normalized spacial score (nSPS) is 12.5. The molecule has 0 saturated heterocycles. The van der Waals surface area contributed by atoms with Crippen molar-refractivity contribution in [3.05, 3.63) is 18.0 Å². The zero-order valence-corrected chi connectivity index (χ0v) is 7.82. The lowest BCUT2D eigenvalue weighted by molar-refractivity contribution is 0.244. The first-order chi connectivity index (χ1) is 6.08. The number of nitrogens with one attached hydrogen (secondary N) is 1. The van der Waals surface area contributed by atoms with E-state index in [1.54, 1.807) is 10.9 Å². The lowest BCUT2D eigenvalue weighted by Gasteiger charge is -2.11. The van der Waals surface area contributed by atoms with Crippen molar-refractivity contribution in [2.24, 2.45) is 5.73 Å². The van der Waals surface area contributed by atoms with Crippen molar-refractivity contribution < 1.29 is 4.79 Å². The monoisotopic (exact) mass is 182 g/mol. The molecule has 3 N–H and O–H groups in total. The van der Waals surface area contributed by atoms with Crippen LogP contribution in [0.3, 0.4) is 0 Å². The molecule has 0 aliphatic rings. The van der Waals surface area contributed by atoms with Crippen LogP contribution in [0.4, 0.5) is 4.79 Å². The fourth-order valence-corrected chi connectivity index (χ4v) is 1.14. The van der Waals surface area contributed by atoms with Gasteiger partial charge in [-0.25, -0.2) is 4.79 Å². The van der Waals surface area contributed by atoms with Gasteiger partial charge < -0.3 is 11.1 Å². The molecule has 0 aliphatic carbocycles. The summed E-state index contributed by atoms with van der Waals surface area (Å²) in [4.78, 5) is 10.5. The molecule has 0 bridgehead atoms. The second-order valence-corrected chi connectivity index (χ2v) is 3.15. The summed E-state index contributed by atoms with van der Waals surface area (Å²) in [6.45, 7) is 4.48. The summed E-state index contributed by atoms with van der Waals surface area (Å²) >= 11 is 0. The highest BCUT2D eigenvalue weighted by Gasteiger charge is 2.04. The van der Waals surface area contributed by atoms with Crippen LogP contribution in [0.1, 0.15) is 12.5 Å². The lowest BCUT2D eigenvalue weighted by Crippen LogP contribution is -2.39. The molecule has 0 fully saturated rings. The van der Waals surface area contributed by atoms with Gasteiger partial charge in [0.25, 0.3) is 0 Å². The number of rotatable bonds is 3. The van der Waals surface area contributed by atoms with Crippen LogP contribution in [-0.2, 0) is 6.54 Å². The number of hydrogen-bond acceptors (Lipinski definition) is 2. The van der Waals surface area contributed by atoms with E-state index in [-0.39, 0.29) is 6.04 Å². The van der Waals surface area contributed by atoms with Gasteiger partial charge in [-0.05, 0) is 19.4 Å². The van der Waals surface area contributed by atoms with Crippen molar-refractivity contribution in [3.63, 3.8) is 0 Å². The minimum absolute atomic E-state index is 0.00296. The van der Waals surface area contributed by atoms with E-state index in [9.17, 15) is 4.79 Å². The molecule has 13 heavy (non-hydrogen) atoms. The number of urea groups is 1. The molecular weight excluding hydrogens is 168 g/mol. The van der Waals surface area contributed by atoms with Gasteiger partial charge in [0.15, 0.2) is 0 Å². The quantitative estimate of drug-likeness (QED) is 0.703. The van der Waals surface area contributed by atoms with E-state index in [4.69, 9.17) is 5.73 Å². The van der Waals surface area contributed by atoms with Gasteiger partial charge in [-0.15, -0.1) is 0 Å². The molecule has 1 aromatic rings. The Balaban J connectivity index is 2.44. The Morgan fingerprint density at radius 1 is 1.85 bits per heavy atom. The van der Waals surface area contributed by atoms with Crippen LogP contribution >= 0.6 is 0 Å². The first kappa shape index (κ1) is 9.57. The highest BCUT2D eigenvalue weighted by Crippen LogP contribution is 1.95. The summed E-state index contributed by atoms with van der Waals surface area (Å²) in [5.41, 5.74) is 6.08. The first-order valence-corrected chi connectivity index (χ1v) is 4.13. The average molecular weight is 182 g/mol. The van der Waals surface area contributed by atoms with E-state index < -0.39 is 6.03 Å². The zero-order valence-electron chi connectivity index (χ0n) is 7.82. The van der Waals surface area contributed by atoms with Gasteiger partial charge >= 0.3 is 6.03 Å². The summed E-state index contributed by atoms with van der Waals surface area (Å²) in [6, 6.07) is -0.506. The minimum Gasteiger partial charge on any atom is -0.352 e. The van der Waals surface area contributed by atoms with Crippen molar-refractivity contribution in [2.45, 2.75) is 26.4 Å². The van der Waals surface area contributed by atoms with Crippen LogP contribution in [-0.4, -0.2) is 21.9 Å². The number of amides is 2. The third-order valence-corrected chi connectivity index (χ3v) is 1.61. The van der Waals surface area contributed by atoms with E-state index in [0.717, 1.165) is 5.56 Å². The Morgan fingerprint density at radius 2 is 2.54 bits per heavy atom. The van der Waals surface area contributed by atoms with Crippen molar-refractivity contribution in [3.8, 4) is 0 Å². The van der Waals surface area contributed by atoms with Crippen LogP contribution in [0.15, 0.2) is 12.4 Å². The third kappa shape index (κ3) is 3.14. The number of nitrogens with zero attached hydrogens (tertiary/aromatic N) is 2. The largest absolute Gasteiger partial charge is 0.352 e. The van der Waals surface area contributed by atoms with Gasteiger partial charge in [-0.1, -0.05) is 0 Å². The Labute approximate surface area is 76.9 Å². The second kappa shape index (κ2) is 3.93.